The summed E-state index contributed by atoms with van der Waals surface area (Å²) in [6.45, 7) is 3.70. The van der Waals surface area contributed by atoms with E-state index in [0.29, 0.717) is 6.42 Å². The quantitative estimate of drug-likeness (QED) is 0.0261. The van der Waals surface area contributed by atoms with Crippen molar-refractivity contribution in [3.63, 3.8) is 0 Å². The lowest BCUT2D eigenvalue weighted by molar-refractivity contribution is -0.302. The first kappa shape index (κ1) is 85.6. The molecule has 91 heavy (non-hydrogen) atoms. The smallest absolute Gasteiger partial charge is 0.220 e. The number of unbranched alkanes of at least 4 members (excludes halogenated alkanes) is 38. The number of aliphatic hydroxyl groups is 5. The molecular weight excluding hydrogens is 1130 g/mol. The molecule has 1 amide bonds. The number of amides is 1. The predicted molar refractivity (Wildman–Crippen MR) is 391 cm³/mol. The third kappa shape index (κ3) is 57.7. The Bertz CT molecular complexity index is 1860. The zero-order valence-corrected chi connectivity index (χ0v) is 58.8. The number of aliphatic hydroxyl groups excluding tert-OH is 5. The molecule has 1 fully saturated rings. The number of hydrogen-bond acceptors (Lipinski definition) is 8. The van der Waals surface area contributed by atoms with Gasteiger partial charge >= 0.3 is 0 Å². The Hall–Kier alpha value is -3.41. The third-order valence-electron chi connectivity index (χ3n) is 17.5. The minimum absolute atomic E-state index is 0.178. The van der Waals surface area contributed by atoms with Crippen LogP contribution in [0.1, 0.15) is 335 Å². The van der Waals surface area contributed by atoms with E-state index in [2.05, 4.69) is 129 Å². The standard InChI is InChI=1S/C82H143NO8/c1-3-5-7-9-11-13-15-17-19-21-23-25-27-29-31-32-33-34-35-36-37-38-39-40-41-42-43-44-46-48-50-52-54-56-58-60-62-64-66-68-70-72-78(86)83-75(74-90-82-81(89)80(88)79(87)77(73-84)91-82)76(85)71-69-67-65-63-61-59-57-55-53-51-49-47-45-30-28-26-24-22-20-18-16-14-12-10-8-6-4-2/h5,7,11,13,17,19,23,25,29,31,33-34,36-37,39-40,42-43,69,71,75-77,79-82,84-85,87-89H,3-4,6,8-10,12,14-16,18,20-22,24,26-28,30,32,35,38,41,44-68,70,72-74H2,1-2H3,(H,83,86)/b7-5-,13-11-,19-17-,25-23-,31-29-,34-33-,37-36-,40-39-,43-42-,71-69+. The maximum atomic E-state index is 13.2. The van der Waals surface area contributed by atoms with E-state index in [1.165, 1.54) is 218 Å². The van der Waals surface area contributed by atoms with Gasteiger partial charge in [0.15, 0.2) is 6.29 Å². The SMILES string of the molecule is CC/C=C\C/C=C\C/C=C\C/C=C\C/C=C\C/C=C\C/C=C\C/C=C\C/C=C\CCCCCCCCCCCCCCCC(=O)NC(COC1OC(CO)C(O)C(O)C1O)C(O)/C=C/CCCCCCCCCCCCCCCCCCCCCCCCCCC. The molecule has 7 atom stereocenters. The molecule has 0 aromatic rings. The highest BCUT2D eigenvalue weighted by molar-refractivity contribution is 5.76. The van der Waals surface area contributed by atoms with E-state index in [-0.39, 0.29) is 12.5 Å². The fourth-order valence-electron chi connectivity index (χ4n) is 11.6. The van der Waals surface area contributed by atoms with Gasteiger partial charge in [-0.3, -0.25) is 4.79 Å². The number of carbonyl (C=O) groups is 1. The average molecular weight is 1270 g/mol. The van der Waals surface area contributed by atoms with E-state index >= 15 is 0 Å². The Morgan fingerprint density at radius 1 is 0.385 bits per heavy atom. The van der Waals surface area contributed by atoms with Crippen LogP contribution in [-0.2, 0) is 14.3 Å². The second kappa shape index (κ2) is 69.4. The lowest BCUT2D eigenvalue weighted by Gasteiger charge is -2.40. The molecule has 0 aromatic carbocycles. The minimum atomic E-state index is -1.57. The molecule has 0 radical (unpaired) electrons. The maximum absolute atomic E-state index is 13.2. The second-order valence-corrected chi connectivity index (χ2v) is 26.1. The Morgan fingerprint density at radius 3 is 1.01 bits per heavy atom. The monoisotopic (exact) mass is 1270 g/mol. The molecule has 1 heterocycles. The largest absolute Gasteiger partial charge is 0.394 e. The highest BCUT2D eigenvalue weighted by atomic mass is 16.7. The highest BCUT2D eigenvalue weighted by Crippen LogP contribution is 2.23. The number of hydrogen-bond donors (Lipinski definition) is 6. The summed E-state index contributed by atoms with van der Waals surface area (Å²) >= 11 is 0. The zero-order chi connectivity index (χ0) is 65.7. The number of carbonyl (C=O) groups excluding carboxylic acids is 1. The van der Waals surface area contributed by atoms with Crippen molar-refractivity contribution in [1.29, 1.82) is 0 Å². The molecule has 0 bridgehead atoms. The fourth-order valence-corrected chi connectivity index (χ4v) is 11.6. The van der Waals surface area contributed by atoms with Gasteiger partial charge in [0.25, 0.3) is 0 Å². The second-order valence-electron chi connectivity index (χ2n) is 26.1. The summed E-state index contributed by atoms with van der Waals surface area (Å²) in [7, 11) is 0. The van der Waals surface area contributed by atoms with Crippen molar-refractivity contribution in [1.82, 2.24) is 5.32 Å². The molecule has 0 aromatic heterocycles. The van der Waals surface area contributed by atoms with Crippen LogP contribution in [0.3, 0.4) is 0 Å². The van der Waals surface area contributed by atoms with Gasteiger partial charge in [-0.05, 0) is 89.9 Å². The molecule has 0 aliphatic carbocycles. The van der Waals surface area contributed by atoms with Gasteiger partial charge in [0, 0.05) is 6.42 Å². The highest BCUT2D eigenvalue weighted by Gasteiger charge is 2.44. The first-order valence-corrected chi connectivity index (χ1v) is 38.3. The Labute approximate surface area is 560 Å². The topological polar surface area (TPSA) is 149 Å². The average Bonchev–Trinajstić information content (AvgIpc) is 1.58. The molecule has 7 unspecified atom stereocenters. The van der Waals surface area contributed by atoms with Gasteiger partial charge in [0.1, 0.15) is 24.4 Å². The summed E-state index contributed by atoms with van der Waals surface area (Å²) < 4.78 is 11.3. The minimum Gasteiger partial charge on any atom is -0.394 e. The van der Waals surface area contributed by atoms with Crippen LogP contribution in [0, 0.1) is 0 Å². The third-order valence-corrected chi connectivity index (χ3v) is 17.5. The lowest BCUT2D eigenvalue weighted by Crippen LogP contribution is -2.60. The van der Waals surface area contributed by atoms with Crippen LogP contribution in [-0.4, -0.2) is 87.5 Å². The zero-order valence-electron chi connectivity index (χ0n) is 58.8. The molecular formula is C82H143NO8. The number of allylic oxidation sites excluding steroid dienone is 19. The van der Waals surface area contributed by atoms with E-state index in [4.69, 9.17) is 9.47 Å². The predicted octanol–water partition coefficient (Wildman–Crippen LogP) is 21.8. The van der Waals surface area contributed by atoms with Crippen molar-refractivity contribution in [2.45, 2.75) is 378 Å². The number of nitrogens with one attached hydrogen (secondary N) is 1. The van der Waals surface area contributed by atoms with Crippen molar-refractivity contribution in [2.75, 3.05) is 13.2 Å². The van der Waals surface area contributed by atoms with Crippen molar-refractivity contribution in [3.05, 3.63) is 122 Å². The van der Waals surface area contributed by atoms with Gasteiger partial charge in [-0.25, -0.2) is 0 Å². The first-order chi connectivity index (χ1) is 44.8. The van der Waals surface area contributed by atoms with Crippen molar-refractivity contribution in [2.24, 2.45) is 0 Å². The molecule has 1 rings (SSSR count). The van der Waals surface area contributed by atoms with Crippen LogP contribution in [0.2, 0.25) is 0 Å². The summed E-state index contributed by atoms with van der Waals surface area (Å²) in [5.41, 5.74) is 0. The molecule has 9 nitrogen and oxygen atoms in total. The summed E-state index contributed by atoms with van der Waals surface area (Å²) in [5, 5.41) is 54.9. The molecule has 6 N–H and O–H groups in total. The van der Waals surface area contributed by atoms with Gasteiger partial charge < -0.3 is 40.3 Å². The first-order valence-electron chi connectivity index (χ1n) is 38.3. The van der Waals surface area contributed by atoms with Gasteiger partial charge in [-0.2, -0.15) is 0 Å². The summed E-state index contributed by atoms with van der Waals surface area (Å²) in [6.07, 6.45) is 97.4. The van der Waals surface area contributed by atoms with Crippen LogP contribution in [0.25, 0.3) is 0 Å². The van der Waals surface area contributed by atoms with Gasteiger partial charge in [-0.1, -0.05) is 360 Å². The molecule has 0 spiro atoms. The fraction of sp³-hybridized carbons (Fsp3) is 0.744. The van der Waals surface area contributed by atoms with Crippen molar-refractivity contribution < 1.29 is 39.8 Å². The van der Waals surface area contributed by atoms with E-state index in [9.17, 15) is 30.3 Å². The molecule has 1 saturated heterocycles. The molecule has 524 valence electrons. The van der Waals surface area contributed by atoms with Crippen molar-refractivity contribution in [3.8, 4) is 0 Å². The molecule has 1 aliphatic heterocycles. The van der Waals surface area contributed by atoms with E-state index < -0.39 is 49.5 Å². The Morgan fingerprint density at radius 2 is 0.681 bits per heavy atom. The summed E-state index contributed by atoms with van der Waals surface area (Å²) in [4.78, 5) is 13.2. The van der Waals surface area contributed by atoms with Crippen LogP contribution in [0.15, 0.2) is 122 Å². The summed E-state index contributed by atoms with van der Waals surface area (Å²) in [5.74, 6) is -0.178. The van der Waals surface area contributed by atoms with Crippen LogP contribution >= 0.6 is 0 Å². The Kier molecular flexibility index (Phi) is 65.3. The van der Waals surface area contributed by atoms with Crippen LogP contribution in [0.5, 0.6) is 0 Å². The van der Waals surface area contributed by atoms with Gasteiger partial charge in [0.05, 0.1) is 25.4 Å². The molecule has 1 aliphatic rings. The molecule has 0 saturated carbocycles. The van der Waals surface area contributed by atoms with Crippen LogP contribution in [0.4, 0.5) is 0 Å². The normalized spacial score (nSPS) is 18.4. The number of ether oxygens (including phenoxy) is 2. The summed E-state index contributed by atoms with van der Waals surface area (Å²) in [6, 6.07) is -0.814. The van der Waals surface area contributed by atoms with E-state index in [1.807, 2.05) is 6.08 Å². The van der Waals surface area contributed by atoms with Crippen molar-refractivity contribution >= 4 is 5.91 Å². The Balaban J connectivity index is 2.11. The van der Waals surface area contributed by atoms with Crippen LogP contribution < -0.4 is 5.32 Å². The van der Waals surface area contributed by atoms with Gasteiger partial charge in [0.2, 0.25) is 5.91 Å². The molecule has 9 heteroatoms. The maximum Gasteiger partial charge on any atom is 0.220 e. The van der Waals surface area contributed by atoms with Gasteiger partial charge in [-0.15, -0.1) is 0 Å². The van der Waals surface area contributed by atoms with E-state index in [1.54, 1.807) is 6.08 Å². The lowest BCUT2D eigenvalue weighted by atomic mass is 9.99. The van der Waals surface area contributed by atoms with E-state index in [0.717, 1.165) is 96.3 Å². The number of rotatable bonds is 66.